The van der Waals surface area contributed by atoms with Gasteiger partial charge in [0.1, 0.15) is 11.6 Å². The number of ketones is 1. The molecular weight excluding hydrogens is 427 g/mol. The molecule has 0 amide bonds. The molecule has 0 bridgehead atoms. The zero-order valence-corrected chi connectivity index (χ0v) is 17.1. The fourth-order valence-electron chi connectivity index (χ4n) is 3.28. The van der Waals surface area contributed by atoms with Gasteiger partial charge in [0, 0.05) is 10.9 Å². The Morgan fingerprint density at radius 2 is 2.03 bits per heavy atom. The van der Waals surface area contributed by atoms with Gasteiger partial charge in [-0.25, -0.2) is 9.37 Å². The van der Waals surface area contributed by atoms with Crippen LogP contribution in [0.25, 0.3) is 26.6 Å². The van der Waals surface area contributed by atoms with Crippen molar-refractivity contribution in [1.82, 2.24) is 9.55 Å². The lowest BCUT2D eigenvalue weighted by molar-refractivity contribution is 0.101. The molecule has 0 aliphatic carbocycles. The molecule has 1 aromatic carbocycles. The van der Waals surface area contributed by atoms with Crippen LogP contribution in [0.3, 0.4) is 0 Å². The van der Waals surface area contributed by atoms with Gasteiger partial charge in [0.25, 0.3) is 0 Å². The number of nitrogens with zero attached hydrogens (tertiary/aromatic N) is 2. The largest absolute Gasteiger partial charge is 0.503 e. The Balaban J connectivity index is 1.80. The average molecular weight is 440 g/mol. The Morgan fingerprint density at radius 3 is 2.73 bits per heavy atom. The van der Waals surface area contributed by atoms with E-state index in [4.69, 9.17) is 4.42 Å². The molecule has 0 atom stereocenters. The second kappa shape index (κ2) is 6.82. The molecule has 0 spiro atoms. The predicted molar refractivity (Wildman–Crippen MR) is 112 cm³/mol. The molecular formula is C21H13FN2O4S2. The number of thiazole rings is 1. The van der Waals surface area contributed by atoms with E-state index < -0.39 is 23.2 Å². The minimum atomic E-state index is -0.569. The molecule has 0 aliphatic rings. The van der Waals surface area contributed by atoms with Gasteiger partial charge in [-0.15, -0.1) is 0 Å². The van der Waals surface area contributed by atoms with E-state index in [1.807, 2.05) is 5.38 Å². The lowest BCUT2D eigenvalue weighted by atomic mass is 10.1. The van der Waals surface area contributed by atoms with Crippen LogP contribution in [0.4, 0.5) is 4.39 Å². The smallest absolute Gasteiger partial charge is 0.242 e. The first kappa shape index (κ1) is 18.6. The number of aromatic hydroxyl groups is 2. The first-order valence-electron chi connectivity index (χ1n) is 8.81. The lowest BCUT2D eigenvalue weighted by Crippen LogP contribution is -2.03. The highest BCUT2D eigenvalue weighted by atomic mass is 32.1. The second-order valence-corrected chi connectivity index (χ2v) is 8.38. The molecule has 0 aliphatic heterocycles. The van der Waals surface area contributed by atoms with Crippen LogP contribution < -0.4 is 0 Å². The highest BCUT2D eigenvalue weighted by Crippen LogP contribution is 2.45. The van der Waals surface area contributed by atoms with Gasteiger partial charge in [-0.05, 0) is 48.7 Å². The number of carbonyl (C=O) groups is 1. The van der Waals surface area contributed by atoms with Crippen LogP contribution >= 0.6 is 22.7 Å². The van der Waals surface area contributed by atoms with Crippen molar-refractivity contribution >= 4 is 38.7 Å². The van der Waals surface area contributed by atoms with E-state index in [1.54, 1.807) is 24.4 Å². The topological polar surface area (TPSA) is 88.5 Å². The Labute approximate surface area is 177 Å². The molecule has 5 rings (SSSR count). The van der Waals surface area contributed by atoms with E-state index in [0.717, 1.165) is 11.3 Å². The van der Waals surface area contributed by atoms with E-state index in [0.29, 0.717) is 26.7 Å². The maximum absolute atomic E-state index is 13.6. The van der Waals surface area contributed by atoms with Crippen LogP contribution in [0.2, 0.25) is 0 Å². The van der Waals surface area contributed by atoms with Crippen molar-refractivity contribution in [1.29, 1.82) is 0 Å². The van der Waals surface area contributed by atoms with Crippen molar-refractivity contribution in [2.75, 3.05) is 0 Å². The van der Waals surface area contributed by atoms with Crippen molar-refractivity contribution in [3.05, 3.63) is 70.1 Å². The summed E-state index contributed by atoms with van der Waals surface area (Å²) in [6.45, 7) is 1.71. The summed E-state index contributed by atoms with van der Waals surface area (Å²) >= 11 is 2.54. The Hall–Kier alpha value is -3.43. The quantitative estimate of drug-likeness (QED) is 0.360. The molecule has 0 fully saturated rings. The highest BCUT2D eigenvalue weighted by Gasteiger charge is 2.32. The molecule has 0 saturated carbocycles. The zero-order valence-electron chi connectivity index (χ0n) is 15.4. The average Bonchev–Trinajstić information content (AvgIpc) is 3.49. The predicted octanol–water partition coefficient (Wildman–Crippen LogP) is 5.50. The lowest BCUT2D eigenvalue weighted by Gasteiger charge is -2.07. The van der Waals surface area contributed by atoms with Crippen molar-refractivity contribution < 1.29 is 23.8 Å². The molecule has 150 valence electrons. The number of fused-ring (bicyclic) bond motifs is 1. The number of furan rings is 1. The van der Waals surface area contributed by atoms with Gasteiger partial charge in [0.15, 0.2) is 16.6 Å². The molecule has 0 radical (unpaired) electrons. The number of thiophene rings is 1. The molecule has 6 nitrogen and oxygen atoms in total. The van der Waals surface area contributed by atoms with Gasteiger partial charge in [0.05, 0.1) is 21.5 Å². The van der Waals surface area contributed by atoms with E-state index in [1.165, 1.54) is 40.2 Å². The van der Waals surface area contributed by atoms with Gasteiger partial charge >= 0.3 is 0 Å². The number of hydrogen-bond donors (Lipinski definition) is 2. The molecule has 5 aromatic rings. The maximum Gasteiger partial charge on any atom is 0.242 e. The van der Waals surface area contributed by atoms with Crippen molar-refractivity contribution in [3.63, 3.8) is 0 Å². The second-order valence-electron chi connectivity index (χ2n) is 6.59. The summed E-state index contributed by atoms with van der Waals surface area (Å²) in [6, 6.07) is 9.11. The summed E-state index contributed by atoms with van der Waals surface area (Å²) in [5, 5.41) is 25.4. The van der Waals surface area contributed by atoms with Gasteiger partial charge < -0.3 is 14.6 Å². The Kier molecular flexibility index (Phi) is 4.23. The number of carbonyl (C=O) groups excluding carboxylic acids is 1. The van der Waals surface area contributed by atoms with E-state index in [-0.39, 0.29) is 17.0 Å². The number of benzene rings is 1. The van der Waals surface area contributed by atoms with Crippen LogP contribution in [0.1, 0.15) is 21.9 Å². The molecule has 30 heavy (non-hydrogen) atoms. The SMILES string of the molecule is Cc1ccc(C(=O)c2c(O)c(O)n(-c3nc4ccc(F)cc4s3)c2-c2ccsc2)o1. The Morgan fingerprint density at radius 1 is 1.20 bits per heavy atom. The number of halogens is 1. The first-order chi connectivity index (χ1) is 14.4. The summed E-state index contributed by atoms with van der Waals surface area (Å²) in [5.74, 6) is -1.47. The van der Waals surface area contributed by atoms with E-state index in [2.05, 4.69) is 4.98 Å². The first-order valence-corrected chi connectivity index (χ1v) is 10.6. The molecule has 4 aromatic heterocycles. The third kappa shape index (κ3) is 2.82. The van der Waals surface area contributed by atoms with E-state index in [9.17, 15) is 19.4 Å². The monoisotopic (exact) mass is 440 g/mol. The van der Waals surface area contributed by atoms with Crippen LogP contribution in [0.15, 0.2) is 51.6 Å². The van der Waals surface area contributed by atoms with Gasteiger partial charge in [0.2, 0.25) is 11.7 Å². The summed E-state index contributed by atoms with van der Waals surface area (Å²) in [7, 11) is 0. The van der Waals surface area contributed by atoms with Crippen LogP contribution in [0.5, 0.6) is 11.6 Å². The third-order valence-electron chi connectivity index (χ3n) is 4.64. The number of aryl methyl sites for hydroxylation is 1. The molecule has 0 unspecified atom stereocenters. The number of rotatable bonds is 4. The summed E-state index contributed by atoms with van der Waals surface area (Å²) < 4.78 is 20.9. The minimum Gasteiger partial charge on any atom is -0.503 e. The zero-order chi connectivity index (χ0) is 21.0. The van der Waals surface area contributed by atoms with E-state index >= 15 is 0 Å². The number of aromatic nitrogens is 2. The summed E-state index contributed by atoms with van der Waals surface area (Å²) in [4.78, 5) is 17.6. The van der Waals surface area contributed by atoms with Gasteiger partial charge in [-0.3, -0.25) is 9.36 Å². The fraction of sp³-hybridized carbons (Fsp3) is 0.0476. The normalized spacial score (nSPS) is 11.4. The van der Waals surface area contributed by atoms with Crippen LogP contribution in [-0.4, -0.2) is 25.5 Å². The van der Waals surface area contributed by atoms with Gasteiger partial charge in [-0.2, -0.15) is 11.3 Å². The molecule has 0 saturated heterocycles. The van der Waals surface area contributed by atoms with Crippen molar-refractivity contribution in [3.8, 4) is 28.0 Å². The summed E-state index contributed by atoms with van der Waals surface area (Å²) in [6.07, 6.45) is 0. The maximum atomic E-state index is 13.6. The Bertz CT molecular complexity index is 1410. The highest BCUT2D eigenvalue weighted by molar-refractivity contribution is 7.20. The number of hydrogen-bond acceptors (Lipinski definition) is 7. The van der Waals surface area contributed by atoms with Crippen molar-refractivity contribution in [2.24, 2.45) is 0 Å². The van der Waals surface area contributed by atoms with Crippen LogP contribution in [-0.2, 0) is 0 Å². The van der Waals surface area contributed by atoms with Crippen molar-refractivity contribution in [2.45, 2.75) is 6.92 Å². The molecule has 2 N–H and O–H groups in total. The molecule has 9 heteroatoms. The fourth-order valence-corrected chi connectivity index (χ4v) is 4.92. The standard InChI is InChI=1S/C21H13FN2O4S2/c1-10-2-5-14(28-10)18(25)16-17(11-6-7-29-9-11)24(20(27)19(16)26)21-23-13-4-3-12(22)8-15(13)30-21/h2-9,26-27H,1H3. The third-order valence-corrected chi connectivity index (χ3v) is 6.32. The molecule has 4 heterocycles. The summed E-state index contributed by atoms with van der Waals surface area (Å²) in [5.41, 5.74) is 1.35. The van der Waals surface area contributed by atoms with Gasteiger partial charge in [-0.1, -0.05) is 11.3 Å². The van der Waals surface area contributed by atoms with Crippen LogP contribution in [0, 0.1) is 12.7 Å². The minimum absolute atomic E-state index is 0.0443.